The van der Waals surface area contributed by atoms with Gasteiger partial charge in [-0.25, -0.2) is 0 Å². The number of nitrogens with one attached hydrogen (secondary N) is 1. The topological polar surface area (TPSA) is 36.1 Å². The Morgan fingerprint density at radius 1 is 1.24 bits per heavy atom. The minimum atomic E-state index is -0.0618. The lowest BCUT2D eigenvalue weighted by molar-refractivity contribution is -0.123. The van der Waals surface area contributed by atoms with Crippen molar-refractivity contribution in [3.8, 4) is 0 Å². The highest BCUT2D eigenvalue weighted by molar-refractivity contribution is 8.26. The first kappa shape index (κ1) is 14.1. The van der Waals surface area contributed by atoms with Crippen molar-refractivity contribution < 1.29 is 4.79 Å². The van der Waals surface area contributed by atoms with E-state index in [1.54, 1.807) is 4.90 Å². The van der Waals surface area contributed by atoms with Crippen LogP contribution in [0.3, 0.4) is 0 Å². The summed E-state index contributed by atoms with van der Waals surface area (Å²) in [4.78, 5) is 18.0. The molecule has 0 unspecified atom stereocenters. The predicted molar refractivity (Wildman–Crippen MR) is 90.7 cm³/mol. The van der Waals surface area contributed by atoms with Crippen LogP contribution >= 0.6 is 24.0 Å². The van der Waals surface area contributed by atoms with Crippen LogP contribution in [0.25, 0.3) is 6.08 Å². The molecule has 1 aromatic carbocycles. The summed E-state index contributed by atoms with van der Waals surface area (Å²) in [6.07, 6.45) is 3.68. The first-order chi connectivity index (χ1) is 10.2. The third-order valence-electron chi connectivity index (χ3n) is 3.40. The highest BCUT2D eigenvalue weighted by Gasteiger charge is 2.35. The number of amides is 1. The number of hydrogen-bond acceptors (Lipinski definition) is 3. The third-order valence-corrected chi connectivity index (χ3v) is 4.73. The van der Waals surface area contributed by atoms with Gasteiger partial charge in [0.15, 0.2) is 0 Å². The molecule has 1 fully saturated rings. The maximum atomic E-state index is 12.6. The number of aromatic amines is 1. The van der Waals surface area contributed by atoms with Crippen molar-refractivity contribution in [2.45, 2.75) is 13.0 Å². The van der Waals surface area contributed by atoms with Crippen molar-refractivity contribution in [1.29, 1.82) is 0 Å². The van der Waals surface area contributed by atoms with E-state index in [9.17, 15) is 4.79 Å². The van der Waals surface area contributed by atoms with Crippen molar-refractivity contribution >= 4 is 40.3 Å². The molecule has 0 bridgehead atoms. The molecule has 1 saturated heterocycles. The summed E-state index contributed by atoms with van der Waals surface area (Å²) < 4.78 is 0.606. The summed E-state index contributed by atoms with van der Waals surface area (Å²) >= 11 is 6.74. The summed E-state index contributed by atoms with van der Waals surface area (Å²) in [5, 5.41) is 0. The first-order valence-electron chi connectivity index (χ1n) is 6.62. The number of thioether (sulfide) groups is 1. The van der Waals surface area contributed by atoms with Crippen LogP contribution in [-0.2, 0) is 4.79 Å². The fraction of sp³-hybridized carbons (Fsp3) is 0.125. The maximum absolute atomic E-state index is 12.6. The normalized spacial score (nSPS) is 18.5. The van der Waals surface area contributed by atoms with E-state index in [0.29, 0.717) is 9.23 Å². The van der Waals surface area contributed by atoms with E-state index < -0.39 is 0 Å². The average molecular weight is 314 g/mol. The van der Waals surface area contributed by atoms with Gasteiger partial charge in [-0.2, -0.15) is 0 Å². The van der Waals surface area contributed by atoms with Gasteiger partial charge >= 0.3 is 0 Å². The first-order valence-corrected chi connectivity index (χ1v) is 7.84. The quantitative estimate of drug-likeness (QED) is 0.688. The lowest BCUT2D eigenvalue weighted by Crippen LogP contribution is -2.30. The number of hydrogen-bond donors (Lipinski definition) is 1. The standard InChI is InChI=1S/C16H14N2OS2/c1-11(12-6-3-2-4-7-12)18-15(19)14(21-16(18)20)10-13-8-5-9-17-13/h2-11,17H,1H3/b14-10-/t11-/m0/s1. The number of carbonyl (C=O) groups is 1. The molecule has 0 radical (unpaired) electrons. The van der Waals surface area contributed by atoms with E-state index in [0.717, 1.165) is 11.3 Å². The van der Waals surface area contributed by atoms with E-state index in [4.69, 9.17) is 12.2 Å². The van der Waals surface area contributed by atoms with Crippen LogP contribution in [0.15, 0.2) is 53.6 Å². The van der Waals surface area contributed by atoms with Crippen molar-refractivity contribution in [3.05, 3.63) is 64.8 Å². The molecule has 1 atom stereocenters. The van der Waals surface area contributed by atoms with Crippen molar-refractivity contribution in [3.63, 3.8) is 0 Å². The maximum Gasteiger partial charge on any atom is 0.266 e. The Kier molecular flexibility index (Phi) is 3.94. The van der Waals surface area contributed by atoms with E-state index in [2.05, 4.69) is 4.98 Å². The molecule has 5 heteroatoms. The van der Waals surface area contributed by atoms with E-state index in [1.165, 1.54) is 11.8 Å². The van der Waals surface area contributed by atoms with E-state index >= 15 is 0 Å². The second-order valence-electron chi connectivity index (χ2n) is 4.76. The number of nitrogens with zero attached hydrogens (tertiary/aromatic N) is 1. The SMILES string of the molecule is C[C@@H](c1ccccc1)N1C(=O)/C(=C/c2ccc[nH]2)SC1=S. The smallest absolute Gasteiger partial charge is 0.266 e. The lowest BCUT2D eigenvalue weighted by Gasteiger charge is -2.23. The van der Waals surface area contributed by atoms with E-state index in [1.807, 2.05) is 61.7 Å². The second kappa shape index (κ2) is 5.87. The molecular formula is C16H14N2OS2. The Hall–Kier alpha value is -1.85. The van der Waals surface area contributed by atoms with Crippen molar-refractivity contribution in [2.75, 3.05) is 0 Å². The van der Waals surface area contributed by atoms with Gasteiger partial charge in [0.1, 0.15) is 4.32 Å². The van der Waals surface area contributed by atoms with Crippen LogP contribution in [-0.4, -0.2) is 20.1 Å². The molecule has 1 aliphatic heterocycles. The van der Waals surface area contributed by atoms with Gasteiger partial charge in [-0.05, 0) is 30.7 Å². The van der Waals surface area contributed by atoms with Crippen molar-refractivity contribution in [1.82, 2.24) is 9.88 Å². The number of H-pyrrole nitrogens is 1. The molecule has 0 spiro atoms. The molecule has 21 heavy (non-hydrogen) atoms. The minimum absolute atomic E-state index is 0.0315. The molecule has 1 aromatic heterocycles. The number of carbonyl (C=O) groups excluding carboxylic acids is 1. The summed E-state index contributed by atoms with van der Waals surface area (Å²) in [5.74, 6) is -0.0315. The van der Waals surface area contributed by atoms with Gasteiger partial charge in [0, 0.05) is 11.9 Å². The molecule has 3 nitrogen and oxygen atoms in total. The van der Waals surface area contributed by atoms with Crippen LogP contribution < -0.4 is 0 Å². The number of aromatic nitrogens is 1. The molecule has 1 aliphatic rings. The fourth-order valence-electron chi connectivity index (χ4n) is 2.27. The molecular weight excluding hydrogens is 300 g/mol. The molecule has 0 saturated carbocycles. The molecule has 3 rings (SSSR count). The zero-order valence-corrected chi connectivity index (χ0v) is 13.1. The lowest BCUT2D eigenvalue weighted by atomic mass is 10.1. The minimum Gasteiger partial charge on any atom is -0.362 e. The Bertz CT molecular complexity index is 692. The summed E-state index contributed by atoms with van der Waals surface area (Å²) in [5.41, 5.74) is 1.98. The van der Waals surface area contributed by atoms with Crippen LogP contribution in [0.2, 0.25) is 0 Å². The highest BCUT2D eigenvalue weighted by Crippen LogP contribution is 2.37. The Balaban J connectivity index is 1.88. The molecule has 1 N–H and O–H groups in total. The zero-order chi connectivity index (χ0) is 14.8. The molecule has 2 aromatic rings. The number of benzene rings is 1. The van der Waals surface area contributed by atoms with Crippen LogP contribution in [0, 0.1) is 0 Å². The summed E-state index contributed by atoms with van der Waals surface area (Å²) in [7, 11) is 0. The summed E-state index contributed by atoms with van der Waals surface area (Å²) in [6.45, 7) is 2.00. The molecule has 1 amide bonds. The monoisotopic (exact) mass is 314 g/mol. The van der Waals surface area contributed by atoms with E-state index in [-0.39, 0.29) is 11.9 Å². The van der Waals surface area contributed by atoms with Gasteiger partial charge in [-0.3, -0.25) is 9.69 Å². The van der Waals surface area contributed by atoms with Gasteiger partial charge < -0.3 is 4.98 Å². The Morgan fingerprint density at radius 2 is 2.00 bits per heavy atom. The van der Waals surface area contributed by atoms with Gasteiger partial charge in [-0.1, -0.05) is 54.3 Å². The zero-order valence-electron chi connectivity index (χ0n) is 11.4. The van der Waals surface area contributed by atoms with Gasteiger partial charge in [0.25, 0.3) is 5.91 Å². The van der Waals surface area contributed by atoms with Crippen LogP contribution in [0.1, 0.15) is 24.2 Å². The average Bonchev–Trinajstić information content (AvgIpc) is 3.09. The van der Waals surface area contributed by atoms with Gasteiger partial charge in [-0.15, -0.1) is 0 Å². The van der Waals surface area contributed by atoms with Crippen molar-refractivity contribution in [2.24, 2.45) is 0 Å². The van der Waals surface area contributed by atoms with Gasteiger partial charge in [0.05, 0.1) is 10.9 Å². The fourth-order valence-corrected chi connectivity index (χ4v) is 3.68. The van der Waals surface area contributed by atoms with Crippen LogP contribution in [0.4, 0.5) is 0 Å². The molecule has 106 valence electrons. The van der Waals surface area contributed by atoms with Crippen LogP contribution in [0.5, 0.6) is 0 Å². The third kappa shape index (κ3) is 2.80. The predicted octanol–water partition coefficient (Wildman–Crippen LogP) is 3.98. The second-order valence-corrected chi connectivity index (χ2v) is 6.44. The van der Waals surface area contributed by atoms with Gasteiger partial charge in [0.2, 0.25) is 0 Å². The Labute approximate surface area is 133 Å². The summed E-state index contributed by atoms with van der Waals surface area (Å²) in [6, 6.07) is 13.7. The highest BCUT2D eigenvalue weighted by atomic mass is 32.2. The number of rotatable bonds is 3. The molecule has 2 heterocycles. The Morgan fingerprint density at radius 3 is 2.67 bits per heavy atom. The largest absolute Gasteiger partial charge is 0.362 e. The number of thiocarbonyl (C=S) groups is 1. The molecule has 0 aliphatic carbocycles.